The molecule has 0 amide bonds. The van der Waals surface area contributed by atoms with Gasteiger partial charge in [0.2, 0.25) is 0 Å². The van der Waals surface area contributed by atoms with Gasteiger partial charge < -0.3 is 9.47 Å². The molecule has 0 radical (unpaired) electrons. The van der Waals surface area contributed by atoms with E-state index in [1.807, 2.05) is 30.3 Å². The lowest BCUT2D eigenvalue weighted by Crippen LogP contribution is -2.08. The molecule has 3 rings (SSSR count). The van der Waals surface area contributed by atoms with Crippen molar-refractivity contribution >= 4 is 6.08 Å². The van der Waals surface area contributed by atoms with E-state index in [0.29, 0.717) is 23.7 Å². The Hall–Kier alpha value is -3.38. The van der Waals surface area contributed by atoms with Crippen LogP contribution in [0.3, 0.4) is 0 Å². The number of benzene rings is 2. The lowest BCUT2D eigenvalue weighted by atomic mass is 10.0. The second-order valence-corrected chi connectivity index (χ2v) is 8.97. The van der Waals surface area contributed by atoms with Crippen molar-refractivity contribution in [2.45, 2.75) is 58.5 Å². The molecule has 1 heterocycles. The smallest absolute Gasteiger partial charge is 0.167 e. The van der Waals surface area contributed by atoms with Crippen LogP contribution in [-0.2, 0) is 4.74 Å². The molecule has 4 nitrogen and oxygen atoms in total. The van der Waals surface area contributed by atoms with Gasteiger partial charge in [0.25, 0.3) is 0 Å². The molecule has 1 aromatic heterocycles. The molecule has 3 aromatic rings. The maximum absolute atomic E-state index is 14.9. The number of unbranched alkanes of at least 4 members (excludes halogenated alkanes) is 3. The van der Waals surface area contributed by atoms with Gasteiger partial charge in [0.15, 0.2) is 17.5 Å². The number of ether oxygens (including phenoxy) is 2. The average Bonchev–Trinajstić information content (AvgIpc) is 2.92. The van der Waals surface area contributed by atoms with E-state index in [0.717, 1.165) is 37.9 Å². The van der Waals surface area contributed by atoms with Crippen molar-refractivity contribution in [1.82, 2.24) is 9.97 Å². The molecule has 0 N–H and O–H groups in total. The summed E-state index contributed by atoms with van der Waals surface area (Å²) < 4.78 is 40.9. The molecule has 196 valence electrons. The Labute approximate surface area is 219 Å². The molecule has 0 saturated heterocycles. The van der Waals surface area contributed by atoms with Crippen LogP contribution in [0.1, 0.15) is 57.9 Å². The SMILES string of the molecule is C=CCOc1ccc(-c2ncc(-c3ccc(C=CCCCC(C)OCCCCC)c(F)c3F)cn2)cc1. The summed E-state index contributed by atoms with van der Waals surface area (Å²) in [6.45, 7) is 9.10. The first-order chi connectivity index (χ1) is 18.0. The van der Waals surface area contributed by atoms with Gasteiger partial charge >= 0.3 is 0 Å². The van der Waals surface area contributed by atoms with Crippen LogP contribution in [0.15, 0.2) is 67.5 Å². The molecule has 1 unspecified atom stereocenters. The van der Waals surface area contributed by atoms with E-state index in [1.54, 1.807) is 24.3 Å². The largest absolute Gasteiger partial charge is 0.490 e. The first-order valence-corrected chi connectivity index (χ1v) is 13.0. The summed E-state index contributed by atoms with van der Waals surface area (Å²) in [5, 5.41) is 0. The molecule has 0 aliphatic heterocycles. The van der Waals surface area contributed by atoms with Crippen molar-refractivity contribution in [2.75, 3.05) is 13.2 Å². The van der Waals surface area contributed by atoms with E-state index >= 15 is 0 Å². The molecule has 6 heteroatoms. The number of rotatable bonds is 15. The summed E-state index contributed by atoms with van der Waals surface area (Å²) in [5.41, 5.74) is 1.56. The van der Waals surface area contributed by atoms with Gasteiger partial charge in [-0.15, -0.1) is 0 Å². The molecular weight excluding hydrogens is 470 g/mol. The third-order valence-electron chi connectivity index (χ3n) is 5.98. The van der Waals surface area contributed by atoms with E-state index < -0.39 is 11.6 Å². The second kappa shape index (κ2) is 15.0. The first kappa shape index (κ1) is 28.2. The van der Waals surface area contributed by atoms with Crippen LogP contribution in [0.5, 0.6) is 5.75 Å². The van der Waals surface area contributed by atoms with Crippen molar-refractivity contribution in [3.05, 3.63) is 84.7 Å². The predicted octanol–water partition coefficient (Wildman–Crippen LogP) is 8.43. The Morgan fingerprint density at radius 1 is 0.946 bits per heavy atom. The molecule has 0 spiro atoms. The van der Waals surface area contributed by atoms with E-state index in [-0.39, 0.29) is 17.2 Å². The van der Waals surface area contributed by atoms with Crippen molar-refractivity contribution < 1.29 is 18.3 Å². The normalized spacial score (nSPS) is 12.1. The fraction of sp³-hybridized carbons (Fsp3) is 0.355. The van der Waals surface area contributed by atoms with Gasteiger partial charge in [-0.1, -0.05) is 56.7 Å². The number of nitrogens with zero attached hydrogens (tertiary/aromatic N) is 2. The molecule has 0 fully saturated rings. The van der Waals surface area contributed by atoms with Crippen LogP contribution in [0.4, 0.5) is 8.78 Å². The molecule has 37 heavy (non-hydrogen) atoms. The maximum atomic E-state index is 14.9. The summed E-state index contributed by atoms with van der Waals surface area (Å²) in [4.78, 5) is 8.68. The van der Waals surface area contributed by atoms with Gasteiger partial charge in [0, 0.05) is 41.3 Å². The van der Waals surface area contributed by atoms with E-state index in [9.17, 15) is 8.78 Å². The zero-order chi connectivity index (χ0) is 26.5. The highest BCUT2D eigenvalue weighted by molar-refractivity contribution is 5.67. The molecule has 0 aliphatic carbocycles. The molecule has 1 atom stereocenters. The Kier molecular flexibility index (Phi) is 11.4. The Balaban J connectivity index is 1.56. The summed E-state index contributed by atoms with van der Waals surface area (Å²) in [6.07, 6.45) is 14.5. The molecule has 2 aromatic carbocycles. The van der Waals surface area contributed by atoms with E-state index in [2.05, 4.69) is 30.4 Å². The standard InChI is InChI=1S/C31H36F2N2O2/c1-4-6-10-20-36-23(3)11-8-7-9-12-24-15-18-28(30(33)29(24)32)26-21-34-31(35-22-26)25-13-16-27(17-14-25)37-19-5-2/h5,9,12-18,21-23H,2,4,6-8,10-11,19-20H2,1,3H3. The zero-order valence-corrected chi connectivity index (χ0v) is 21.8. The van der Waals surface area contributed by atoms with Gasteiger partial charge in [-0.3, -0.25) is 0 Å². The zero-order valence-electron chi connectivity index (χ0n) is 21.8. The lowest BCUT2D eigenvalue weighted by Gasteiger charge is -2.12. The molecule has 0 saturated carbocycles. The second-order valence-electron chi connectivity index (χ2n) is 8.97. The van der Waals surface area contributed by atoms with Crippen LogP contribution in [0, 0.1) is 11.6 Å². The van der Waals surface area contributed by atoms with Crippen LogP contribution >= 0.6 is 0 Å². The van der Waals surface area contributed by atoms with Crippen molar-refractivity contribution in [3.63, 3.8) is 0 Å². The van der Waals surface area contributed by atoms with Gasteiger partial charge in [0.1, 0.15) is 12.4 Å². The fourth-order valence-electron chi connectivity index (χ4n) is 3.84. The van der Waals surface area contributed by atoms with Crippen LogP contribution in [0.2, 0.25) is 0 Å². The van der Waals surface area contributed by atoms with Crippen molar-refractivity contribution in [3.8, 4) is 28.3 Å². The van der Waals surface area contributed by atoms with Crippen molar-refractivity contribution in [2.24, 2.45) is 0 Å². The van der Waals surface area contributed by atoms with Gasteiger partial charge in [0.05, 0.1) is 6.10 Å². The Bertz CT molecular complexity index is 1150. The van der Waals surface area contributed by atoms with Crippen LogP contribution in [0.25, 0.3) is 28.6 Å². The minimum atomic E-state index is -0.906. The van der Waals surface area contributed by atoms with Crippen LogP contribution < -0.4 is 4.74 Å². The third-order valence-corrected chi connectivity index (χ3v) is 5.98. The first-order valence-electron chi connectivity index (χ1n) is 13.0. The summed E-state index contributed by atoms with van der Waals surface area (Å²) >= 11 is 0. The monoisotopic (exact) mass is 506 g/mol. The quantitative estimate of drug-likeness (QED) is 0.153. The summed E-state index contributed by atoms with van der Waals surface area (Å²) in [5.74, 6) is -0.578. The predicted molar refractivity (Wildman–Crippen MR) is 146 cm³/mol. The van der Waals surface area contributed by atoms with Crippen molar-refractivity contribution in [1.29, 1.82) is 0 Å². The van der Waals surface area contributed by atoms with E-state index in [4.69, 9.17) is 9.47 Å². The number of halogens is 2. The number of aromatic nitrogens is 2. The highest BCUT2D eigenvalue weighted by Crippen LogP contribution is 2.27. The summed E-state index contributed by atoms with van der Waals surface area (Å²) in [6, 6.07) is 10.5. The number of hydrogen-bond donors (Lipinski definition) is 0. The average molecular weight is 507 g/mol. The lowest BCUT2D eigenvalue weighted by molar-refractivity contribution is 0.0566. The van der Waals surface area contributed by atoms with E-state index in [1.165, 1.54) is 25.2 Å². The van der Waals surface area contributed by atoms with Gasteiger partial charge in [-0.25, -0.2) is 18.7 Å². The number of hydrogen-bond acceptors (Lipinski definition) is 4. The Morgan fingerprint density at radius 2 is 1.70 bits per heavy atom. The van der Waals surface area contributed by atoms with Crippen LogP contribution in [-0.4, -0.2) is 29.3 Å². The number of allylic oxidation sites excluding steroid dienone is 1. The minimum absolute atomic E-state index is 0.128. The molecule has 0 aliphatic rings. The molecular formula is C31H36F2N2O2. The molecule has 0 bridgehead atoms. The van der Waals surface area contributed by atoms with Gasteiger partial charge in [-0.05, 0) is 56.9 Å². The Morgan fingerprint density at radius 3 is 2.41 bits per heavy atom. The highest BCUT2D eigenvalue weighted by Gasteiger charge is 2.14. The fourth-order valence-corrected chi connectivity index (χ4v) is 3.84. The maximum Gasteiger partial charge on any atom is 0.167 e. The summed E-state index contributed by atoms with van der Waals surface area (Å²) in [7, 11) is 0. The van der Waals surface area contributed by atoms with Gasteiger partial charge in [-0.2, -0.15) is 0 Å². The topological polar surface area (TPSA) is 44.2 Å². The third kappa shape index (κ3) is 8.60. The minimum Gasteiger partial charge on any atom is -0.490 e. The highest BCUT2D eigenvalue weighted by atomic mass is 19.2.